The summed E-state index contributed by atoms with van der Waals surface area (Å²) < 4.78 is 0. The minimum atomic E-state index is 0.872. The quantitative estimate of drug-likeness (QED) is 0.900. The van der Waals surface area contributed by atoms with Crippen molar-refractivity contribution < 1.29 is 0 Å². The first-order chi connectivity index (χ1) is 10.3. The summed E-state index contributed by atoms with van der Waals surface area (Å²) >= 11 is 1.75. The van der Waals surface area contributed by atoms with Gasteiger partial charge in [-0.05, 0) is 44.4 Å². The highest BCUT2D eigenvalue weighted by Gasteiger charge is 2.13. The maximum atomic E-state index is 4.56. The molecule has 0 unspecified atom stereocenters. The summed E-state index contributed by atoms with van der Waals surface area (Å²) in [6.45, 7) is 4.04. The van der Waals surface area contributed by atoms with Gasteiger partial charge in [0.1, 0.15) is 5.01 Å². The highest BCUT2D eigenvalue weighted by molar-refractivity contribution is 7.15. The molecule has 2 aromatic heterocycles. The van der Waals surface area contributed by atoms with Gasteiger partial charge in [0.2, 0.25) is 0 Å². The molecule has 0 saturated heterocycles. The summed E-state index contributed by atoms with van der Waals surface area (Å²) in [5.41, 5.74) is 2.09. The highest BCUT2D eigenvalue weighted by atomic mass is 32.1. The van der Waals surface area contributed by atoms with Crippen LogP contribution in [0.5, 0.6) is 0 Å². The third-order valence-electron chi connectivity index (χ3n) is 4.13. The summed E-state index contributed by atoms with van der Waals surface area (Å²) in [6.07, 6.45) is 8.98. The zero-order valence-corrected chi connectivity index (χ0v) is 13.5. The lowest BCUT2D eigenvalue weighted by Crippen LogP contribution is -2.24. The number of thiazole rings is 1. The summed E-state index contributed by atoms with van der Waals surface area (Å²) in [6, 6.07) is 6.13. The Morgan fingerprint density at radius 3 is 2.90 bits per heavy atom. The molecule has 0 radical (unpaired) electrons. The van der Waals surface area contributed by atoms with Crippen LogP contribution < -0.4 is 5.32 Å². The van der Waals surface area contributed by atoms with Crippen LogP contribution in [0.25, 0.3) is 10.6 Å². The Labute approximate surface area is 130 Å². The van der Waals surface area contributed by atoms with E-state index in [4.69, 9.17) is 0 Å². The molecule has 3 rings (SSSR count). The van der Waals surface area contributed by atoms with Crippen LogP contribution >= 0.6 is 11.3 Å². The van der Waals surface area contributed by atoms with Gasteiger partial charge in [0.05, 0.1) is 10.6 Å². The Balaban J connectivity index is 1.53. The molecule has 3 nitrogen and oxygen atoms in total. The Kier molecular flexibility index (Phi) is 4.99. The summed E-state index contributed by atoms with van der Waals surface area (Å²) in [7, 11) is 0. The maximum Gasteiger partial charge on any atom is 0.107 e. The van der Waals surface area contributed by atoms with Crippen LogP contribution in [0.4, 0.5) is 0 Å². The van der Waals surface area contributed by atoms with E-state index in [0.29, 0.717) is 0 Å². The number of hydrogen-bond acceptors (Lipinski definition) is 4. The fourth-order valence-corrected chi connectivity index (χ4v) is 3.82. The van der Waals surface area contributed by atoms with Crippen LogP contribution in [0.15, 0.2) is 24.4 Å². The standard InChI is InChI=1S/C17H23N3S/c1-13-6-5-9-15(20-13)16-11-19-17(21-16)12-18-10-14-7-3-2-4-8-14/h5-6,9,11,14,18H,2-4,7-8,10,12H2,1H3. The molecule has 2 heterocycles. The lowest BCUT2D eigenvalue weighted by molar-refractivity contribution is 0.342. The van der Waals surface area contributed by atoms with E-state index in [2.05, 4.69) is 27.4 Å². The average molecular weight is 301 g/mol. The number of aromatic nitrogens is 2. The Hall–Kier alpha value is -1.26. The van der Waals surface area contributed by atoms with Crippen LogP contribution in [0.3, 0.4) is 0 Å². The van der Waals surface area contributed by atoms with E-state index < -0.39 is 0 Å². The van der Waals surface area contributed by atoms with E-state index >= 15 is 0 Å². The maximum absolute atomic E-state index is 4.56. The first-order valence-electron chi connectivity index (χ1n) is 7.91. The fourth-order valence-electron chi connectivity index (χ4n) is 2.97. The zero-order chi connectivity index (χ0) is 14.5. The van der Waals surface area contributed by atoms with Crippen molar-refractivity contribution in [2.45, 2.75) is 45.6 Å². The number of hydrogen-bond donors (Lipinski definition) is 1. The van der Waals surface area contributed by atoms with Crippen molar-refractivity contribution in [2.75, 3.05) is 6.54 Å². The minimum Gasteiger partial charge on any atom is -0.310 e. The van der Waals surface area contributed by atoms with Crippen molar-refractivity contribution in [3.63, 3.8) is 0 Å². The predicted molar refractivity (Wildman–Crippen MR) is 88.4 cm³/mol. The van der Waals surface area contributed by atoms with E-state index in [9.17, 15) is 0 Å². The second kappa shape index (κ2) is 7.14. The summed E-state index contributed by atoms with van der Waals surface area (Å²) in [5.74, 6) is 0.872. The molecule has 0 atom stereocenters. The monoisotopic (exact) mass is 301 g/mol. The van der Waals surface area contributed by atoms with E-state index in [0.717, 1.165) is 40.3 Å². The first kappa shape index (κ1) is 14.7. The SMILES string of the molecule is Cc1cccc(-c2cnc(CNCC3CCCCC3)s2)n1. The van der Waals surface area contributed by atoms with Gasteiger partial charge >= 0.3 is 0 Å². The van der Waals surface area contributed by atoms with Gasteiger partial charge in [-0.15, -0.1) is 11.3 Å². The molecule has 1 aliphatic carbocycles. The molecule has 0 spiro atoms. The third-order valence-corrected chi connectivity index (χ3v) is 5.15. The van der Waals surface area contributed by atoms with Crippen LogP contribution in [-0.4, -0.2) is 16.5 Å². The van der Waals surface area contributed by atoms with Crippen molar-refractivity contribution in [1.29, 1.82) is 0 Å². The number of nitrogens with one attached hydrogen (secondary N) is 1. The van der Waals surface area contributed by atoms with E-state index in [1.165, 1.54) is 32.1 Å². The molecular weight excluding hydrogens is 278 g/mol. The predicted octanol–water partition coefficient (Wildman–Crippen LogP) is 4.18. The normalized spacial score (nSPS) is 16.2. The molecule has 1 fully saturated rings. The number of nitrogens with zero attached hydrogens (tertiary/aromatic N) is 2. The molecule has 4 heteroatoms. The fraction of sp³-hybridized carbons (Fsp3) is 0.529. The zero-order valence-electron chi connectivity index (χ0n) is 12.6. The number of pyridine rings is 1. The number of rotatable bonds is 5. The second-order valence-corrected chi connectivity index (χ2v) is 7.03. The molecule has 0 amide bonds. The smallest absolute Gasteiger partial charge is 0.107 e. The van der Waals surface area contributed by atoms with Crippen molar-refractivity contribution in [3.05, 3.63) is 35.1 Å². The largest absolute Gasteiger partial charge is 0.310 e. The van der Waals surface area contributed by atoms with Gasteiger partial charge in [0.15, 0.2) is 0 Å². The van der Waals surface area contributed by atoms with E-state index in [-0.39, 0.29) is 0 Å². The van der Waals surface area contributed by atoms with E-state index in [1.807, 2.05) is 19.2 Å². The van der Waals surface area contributed by atoms with Crippen molar-refractivity contribution in [1.82, 2.24) is 15.3 Å². The summed E-state index contributed by atoms with van der Waals surface area (Å²) in [4.78, 5) is 10.2. The van der Waals surface area contributed by atoms with Gasteiger partial charge < -0.3 is 5.32 Å². The van der Waals surface area contributed by atoms with Crippen molar-refractivity contribution >= 4 is 11.3 Å². The molecule has 112 valence electrons. The molecule has 1 N–H and O–H groups in total. The Morgan fingerprint density at radius 1 is 1.24 bits per heavy atom. The minimum absolute atomic E-state index is 0.872. The summed E-state index contributed by atoms with van der Waals surface area (Å²) in [5, 5.41) is 4.73. The highest BCUT2D eigenvalue weighted by Crippen LogP contribution is 2.25. The second-order valence-electron chi connectivity index (χ2n) is 5.92. The van der Waals surface area contributed by atoms with Gasteiger partial charge in [0, 0.05) is 18.4 Å². The molecular formula is C17H23N3S. The molecule has 0 aromatic carbocycles. The molecule has 0 bridgehead atoms. The van der Waals surface area contributed by atoms with Gasteiger partial charge in [-0.2, -0.15) is 0 Å². The van der Waals surface area contributed by atoms with Crippen LogP contribution in [-0.2, 0) is 6.54 Å². The van der Waals surface area contributed by atoms with Crippen molar-refractivity contribution in [3.8, 4) is 10.6 Å². The van der Waals surface area contributed by atoms with Crippen molar-refractivity contribution in [2.24, 2.45) is 5.92 Å². The van der Waals surface area contributed by atoms with E-state index in [1.54, 1.807) is 11.3 Å². The van der Waals surface area contributed by atoms with Crippen LogP contribution in [0.1, 0.15) is 42.8 Å². The molecule has 1 aliphatic rings. The third kappa shape index (κ3) is 4.11. The number of aryl methyl sites for hydroxylation is 1. The lowest BCUT2D eigenvalue weighted by Gasteiger charge is -2.21. The lowest BCUT2D eigenvalue weighted by atomic mass is 9.89. The van der Waals surface area contributed by atoms with Gasteiger partial charge in [-0.25, -0.2) is 4.98 Å². The van der Waals surface area contributed by atoms with Crippen LogP contribution in [0, 0.1) is 12.8 Å². The van der Waals surface area contributed by atoms with Gasteiger partial charge in [-0.3, -0.25) is 4.98 Å². The molecule has 0 aliphatic heterocycles. The van der Waals surface area contributed by atoms with Gasteiger partial charge in [-0.1, -0.05) is 25.3 Å². The molecule has 2 aromatic rings. The first-order valence-corrected chi connectivity index (χ1v) is 8.72. The average Bonchev–Trinajstić information content (AvgIpc) is 2.97. The van der Waals surface area contributed by atoms with Crippen LogP contribution in [0.2, 0.25) is 0 Å². The Bertz CT molecular complexity index is 573. The molecule has 1 saturated carbocycles. The topological polar surface area (TPSA) is 37.8 Å². The van der Waals surface area contributed by atoms with Gasteiger partial charge in [0.25, 0.3) is 0 Å². The molecule has 21 heavy (non-hydrogen) atoms. The Morgan fingerprint density at radius 2 is 2.10 bits per heavy atom.